The van der Waals surface area contributed by atoms with E-state index in [0.29, 0.717) is 11.8 Å². The molecule has 0 saturated carbocycles. The predicted octanol–water partition coefficient (Wildman–Crippen LogP) is 2.07. The second-order valence-corrected chi connectivity index (χ2v) is 5.27. The van der Waals surface area contributed by atoms with Crippen LogP contribution in [-0.2, 0) is 0 Å². The van der Waals surface area contributed by atoms with Gasteiger partial charge in [0, 0.05) is 18.3 Å². The van der Waals surface area contributed by atoms with Crippen molar-refractivity contribution in [3.63, 3.8) is 0 Å². The highest BCUT2D eigenvalue weighted by Crippen LogP contribution is 2.18. The molecule has 0 aliphatic rings. The monoisotopic (exact) mass is 255 g/mol. The lowest BCUT2D eigenvalue weighted by Crippen LogP contribution is -2.27. The number of hydrogen-bond acceptors (Lipinski definition) is 4. The summed E-state index contributed by atoms with van der Waals surface area (Å²) in [6.45, 7) is 3.63. The Hall–Kier alpha value is -0.710. The Kier molecular flexibility index (Phi) is 6.40. The van der Waals surface area contributed by atoms with Crippen molar-refractivity contribution in [3.05, 3.63) is 29.8 Å². The molecule has 0 aliphatic heterocycles. The highest BCUT2D eigenvalue weighted by Gasteiger charge is 2.08. The van der Waals surface area contributed by atoms with E-state index in [2.05, 4.69) is 18.5 Å². The van der Waals surface area contributed by atoms with Crippen molar-refractivity contribution in [1.29, 1.82) is 0 Å². The van der Waals surface area contributed by atoms with E-state index in [4.69, 9.17) is 4.74 Å². The van der Waals surface area contributed by atoms with Crippen molar-refractivity contribution in [3.8, 4) is 5.75 Å². The predicted molar refractivity (Wildman–Crippen MR) is 73.8 cm³/mol. The third-order valence-corrected chi connectivity index (χ3v) is 3.62. The Balaban J connectivity index is 2.43. The highest BCUT2D eigenvalue weighted by molar-refractivity contribution is 7.99. The standard InChI is InChI=1S/C13H21NO2S/c1-10(17-3)8-14-9-13(15)11-5-4-6-12(7-11)16-2/h4-7,10,13-15H,8-9H2,1-3H3. The first-order valence-electron chi connectivity index (χ1n) is 5.73. The summed E-state index contributed by atoms with van der Waals surface area (Å²) in [6, 6.07) is 7.54. The quantitative estimate of drug-likeness (QED) is 0.782. The van der Waals surface area contributed by atoms with Crippen molar-refractivity contribution in [1.82, 2.24) is 5.32 Å². The van der Waals surface area contributed by atoms with Crippen LogP contribution in [0.2, 0.25) is 0 Å². The molecule has 1 rings (SSSR count). The van der Waals surface area contributed by atoms with E-state index in [9.17, 15) is 5.11 Å². The number of rotatable bonds is 7. The van der Waals surface area contributed by atoms with Gasteiger partial charge in [0.1, 0.15) is 5.75 Å². The van der Waals surface area contributed by atoms with Crippen LogP contribution < -0.4 is 10.1 Å². The fourth-order valence-corrected chi connectivity index (χ4v) is 1.76. The van der Waals surface area contributed by atoms with Crippen molar-refractivity contribution < 1.29 is 9.84 Å². The molecule has 0 heterocycles. The number of methoxy groups -OCH3 is 1. The second kappa shape index (κ2) is 7.58. The minimum absolute atomic E-state index is 0.487. The topological polar surface area (TPSA) is 41.5 Å². The van der Waals surface area contributed by atoms with Crippen molar-refractivity contribution in [2.24, 2.45) is 0 Å². The molecule has 3 nitrogen and oxygen atoms in total. The molecular formula is C13H21NO2S. The lowest BCUT2D eigenvalue weighted by molar-refractivity contribution is 0.175. The van der Waals surface area contributed by atoms with Crippen molar-refractivity contribution >= 4 is 11.8 Å². The normalized spacial score (nSPS) is 14.4. The molecule has 0 fully saturated rings. The fourth-order valence-electron chi connectivity index (χ4n) is 1.47. The average molecular weight is 255 g/mol. The lowest BCUT2D eigenvalue weighted by atomic mass is 10.1. The summed E-state index contributed by atoms with van der Waals surface area (Å²) in [5.41, 5.74) is 0.883. The largest absolute Gasteiger partial charge is 0.497 e. The van der Waals surface area contributed by atoms with Crippen LogP contribution in [0, 0.1) is 0 Å². The molecule has 1 aromatic rings. The van der Waals surface area contributed by atoms with E-state index in [1.807, 2.05) is 36.0 Å². The summed E-state index contributed by atoms with van der Waals surface area (Å²) in [6.07, 6.45) is 1.60. The van der Waals surface area contributed by atoms with E-state index >= 15 is 0 Å². The smallest absolute Gasteiger partial charge is 0.119 e. The molecule has 0 amide bonds. The van der Waals surface area contributed by atoms with Crippen LogP contribution in [0.1, 0.15) is 18.6 Å². The van der Waals surface area contributed by atoms with Gasteiger partial charge in [-0.05, 0) is 24.0 Å². The van der Waals surface area contributed by atoms with Gasteiger partial charge in [-0.3, -0.25) is 0 Å². The van der Waals surface area contributed by atoms with Gasteiger partial charge in [0.25, 0.3) is 0 Å². The first-order valence-corrected chi connectivity index (χ1v) is 7.01. The van der Waals surface area contributed by atoms with Crippen LogP contribution in [0.3, 0.4) is 0 Å². The minimum Gasteiger partial charge on any atom is -0.497 e. The molecule has 0 aromatic heterocycles. The van der Waals surface area contributed by atoms with Gasteiger partial charge in [-0.2, -0.15) is 11.8 Å². The lowest BCUT2D eigenvalue weighted by Gasteiger charge is -2.15. The van der Waals surface area contributed by atoms with E-state index in [1.165, 1.54) is 0 Å². The van der Waals surface area contributed by atoms with Gasteiger partial charge in [-0.15, -0.1) is 0 Å². The molecule has 1 aromatic carbocycles. The molecule has 2 atom stereocenters. The van der Waals surface area contributed by atoms with Gasteiger partial charge in [0.15, 0.2) is 0 Å². The fraction of sp³-hybridized carbons (Fsp3) is 0.538. The molecule has 17 heavy (non-hydrogen) atoms. The van der Waals surface area contributed by atoms with Gasteiger partial charge < -0.3 is 15.2 Å². The van der Waals surface area contributed by atoms with Gasteiger partial charge in [0.05, 0.1) is 13.2 Å². The number of benzene rings is 1. The van der Waals surface area contributed by atoms with Crippen LogP contribution in [0.15, 0.2) is 24.3 Å². The molecule has 0 radical (unpaired) electrons. The Morgan fingerprint density at radius 2 is 2.18 bits per heavy atom. The number of thioether (sulfide) groups is 1. The third kappa shape index (κ3) is 4.98. The Bertz CT molecular complexity index is 333. The first-order chi connectivity index (χ1) is 8.17. The van der Waals surface area contributed by atoms with Gasteiger partial charge >= 0.3 is 0 Å². The molecule has 0 spiro atoms. The van der Waals surface area contributed by atoms with E-state index in [1.54, 1.807) is 7.11 Å². The third-order valence-electron chi connectivity index (χ3n) is 2.65. The van der Waals surface area contributed by atoms with Crippen LogP contribution in [0.5, 0.6) is 5.75 Å². The highest BCUT2D eigenvalue weighted by atomic mass is 32.2. The number of ether oxygens (including phenoxy) is 1. The molecule has 96 valence electrons. The summed E-state index contributed by atoms with van der Waals surface area (Å²) >= 11 is 1.81. The van der Waals surface area contributed by atoms with Crippen LogP contribution in [0.4, 0.5) is 0 Å². The summed E-state index contributed by atoms with van der Waals surface area (Å²) in [5.74, 6) is 0.777. The zero-order chi connectivity index (χ0) is 12.7. The van der Waals surface area contributed by atoms with E-state index in [-0.39, 0.29) is 0 Å². The van der Waals surface area contributed by atoms with Gasteiger partial charge in [-0.1, -0.05) is 19.1 Å². The molecule has 2 unspecified atom stereocenters. The van der Waals surface area contributed by atoms with E-state index < -0.39 is 6.10 Å². The maximum atomic E-state index is 10.0. The zero-order valence-corrected chi connectivity index (χ0v) is 11.5. The first kappa shape index (κ1) is 14.4. The summed E-state index contributed by atoms with van der Waals surface area (Å²) in [4.78, 5) is 0. The zero-order valence-electron chi connectivity index (χ0n) is 10.6. The Morgan fingerprint density at radius 3 is 2.82 bits per heavy atom. The van der Waals surface area contributed by atoms with Crippen molar-refractivity contribution in [2.45, 2.75) is 18.3 Å². The van der Waals surface area contributed by atoms with E-state index in [0.717, 1.165) is 17.9 Å². The summed E-state index contributed by atoms with van der Waals surface area (Å²) in [7, 11) is 1.63. The maximum absolute atomic E-state index is 10.0. The number of aliphatic hydroxyl groups excluding tert-OH is 1. The molecule has 0 saturated heterocycles. The number of hydrogen-bond donors (Lipinski definition) is 2. The second-order valence-electron chi connectivity index (χ2n) is 4.00. The number of aliphatic hydroxyl groups is 1. The average Bonchev–Trinajstić information content (AvgIpc) is 2.38. The molecule has 4 heteroatoms. The van der Waals surface area contributed by atoms with Crippen LogP contribution in [-0.4, -0.2) is 36.8 Å². The van der Waals surface area contributed by atoms with Crippen LogP contribution in [0.25, 0.3) is 0 Å². The summed E-state index contributed by atoms with van der Waals surface area (Å²) in [5, 5.41) is 13.8. The Labute approximate surface area is 108 Å². The summed E-state index contributed by atoms with van der Waals surface area (Å²) < 4.78 is 5.13. The Morgan fingerprint density at radius 1 is 1.41 bits per heavy atom. The van der Waals surface area contributed by atoms with Gasteiger partial charge in [-0.25, -0.2) is 0 Å². The molecule has 0 bridgehead atoms. The number of nitrogens with one attached hydrogen (secondary N) is 1. The molecule has 0 aliphatic carbocycles. The SMILES string of the molecule is COc1cccc(C(O)CNCC(C)SC)c1. The van der Waals surface area contributed by atoms with Gasteiger partial charge in [0.2, 0.25) is 0 Å². The maximum Gasteiger partial charge on any atom is 0.119 e. The van der Waals surface area contributed by atoms with Crippen LogP contribution >= 0.6 is 11.8 Å². The minimum atomic E-state index is -0.487. The molecule has 2 N–H and O–H groups in total. The molecular weight excluding hydrogens is 234 g/mol. The van der Waals surface area contributed by atoms with Crippen molar-refractivity contribution in [2.75, 3.05) is 26.5 Å².